The second kappa shape index (κ2) is 6.39. The third kappa shape index (κ3) is 3.27. The van der Waals surface area contributed by atoms with Gasteiger partial charge in [-0.3, -0.25) is 4.79 Å². The first kappa shape index (κ1) is 14.3. The molecule has 0 saturated heterocycles. The molecular formula is C16H14O3S. The van der Waals surface area contributed by atoms with Crippen LogP contribution in [0.4, 0.5) is 0 Å². The zero-order chi connectivity index (χ0) is 14.5. The van der Waals surface area contributed by atoms with Crippen molar-refractivity contribution in [2.24, 2.45) is 0 Å². The molecule has 4 heteroatoms. The maximum Gasteiger partial charge on any atom is 0.336 e. The fourth-order valence-electron chi connectivity index (χ4n) is 1.77. The normalized spacial score (nSPS) is 10.2. The molecule has 102 valence electrons. The van der Waals surface area contributed by atoms with Gasteiger partial charge in [0.05, 0.1) is 5.56 Å². The molecule has 2 aromatic carbocycles. The summed E-state index contributed by atoms with van der Waals surface area (Å²) in [5.74, 6) is -0.835. The van der Waals surface area contributed by atoms with Crippen molar-refractivity contribution in [2.75, 3.05) is 0 Å². The highest BCUT2D eigenvalue weighted by atomic mass is 32.2. The second-order valence-electron chi connectivity index (χ2n) is 4.20. The van der Waals surface area contributed by atoms with Gasteiger partial charge in [0.1, 0.15) is 0 Å². The van der Waals surface area contributed by atoms with Gasteiger partial charge in [0.2, 0.25) is 0 Å². The third-order valence-electron chi connectivity index (χ3n) is 2.84. The summed E-state index contributed by atoms with van der Waals surface area (Å²) in [4.78, 5) is 24.3. The van der Waals surface area contributed by atoms with Crippen LogP contribution in [0.2, 0.25) is 0 Å². The summed E-state index contributed by atoms with van der Waals surface area (Å²) in [6.07, 6.45) is 0.480. The largest absolute Gasteiger partial charge is 0.478 e. The summed E-state index contributed by atoms with van der Waals surface area (Å²) in [7, 11) is 0. The van der Waals surface area contributed by atoms with Gasteiger partial charge in [-0.25, -0.2) is 4.79 Å². The summed E-state index contributed by atoms with van der Waals surface area (Å²) in [5.41, 5.74) is 0.967. The molecule has 0 heterocycles. The molecule has 3 nitrogen and oxygen atoms in total. The molecule has 2 rings (SSSR count). The molecule has 0 fully saturated rings. The minimum absolute atomic E-state index is 0.104. The van der Waals surface area contributed by atoms with Gasteiger partial charge in [-0.05, 0) is 24.3 Å². The summed E-state index contributed by atoms with van der Waals surface area (Å²) in [5, 5.41) is 9.13. The first-order valence-corrected chi connectivity index (χ1v) is 7.07. The van der Waals surface area contributed by atoms with Crippen LogP contribution in [0, 0.1) is 0 Å². The van der Waals surface area contributed by atoms with E-state index in [0.717, 1.165) is 4.90 Å². The average Bonchev–Trinajstić information content (AvgIpc) is 2.47. The first-order chi connectivity index (χ1) is 9.61. The van der Waals surface area contributed by atoms with Gasteiger partial charge in [0.25, 0.3) is 0 Å². The van der Waals surface area contributed by atoms with Crippen molar-refractivity contribution < 1.29 is 14.7 Å². The van der Waals surface area contributed by atoms with E-state index in [1.165, 1.54) is 11.8 Å². The SMILES string of the molecule is CCC(=O)c1ccc(Sc2ccccc2C(=O)O)cc1. The van der Waals surface area contributed by atoms with Crippen LogP contribution in [0.5, 0.6) is 0 Å². The van der Waals surface area contributed by atoms with E-state index in [1.807, 2.05) is 25.1 Å². The molecule has 1 N–H and O–H groups in total. The van der Waals surface area contributed by atoms with E-state index >= 15 is 0 Å². The zero-order valence-corrected chi connectivity index (χ0v) is 11.8. The molecule has 0 atom stereocenters. The van der Waals surface area contributed by atoms with E-state index in [4.69, 9.17) is 5.11 Å². The fourth-order valence-corrected chi connectivity index (χ4v) is 2.71. The number of carboxylic acid groups (broad SMARTS) is 1. The number of ketones is 1. The number of carbonyl (C=O) groups excluding carboxylic acids is 1. The van der Waals surface area contributed by atoms with Crippen molar-refractivity contribution in [1.82, 2.24) is 0 Å². The van der Waals surface area contributed by atoms with E-state index in [1.54, 1.807) is 30.3 Å². The van der Waals surface area contributed by atoms with Crippen LogP contribution in [-0.4, -0.2) is 16.9 Å². The quantitative estimate of drug-likeness (QED) is 0.840. The van der Waals surface area contributed by atoms with Gasteiger partial charge in [0.15, 0.2) is 5.78 Å². The number of hydrogen-bond donors (Lipinski definition) is 1. The molecule has 20 heavy (non-hydrogen) atoms. The lowest BCUT2D eigenvalue weighted by molar-refractivity contribution is 0.0693. The van der Waals surface area contributed by atoms with Crippen molar-refractivity contribution >= 4 is 23.5 Å². The second-order valence-corrected chi connectivity index (χ2v) is 5.32. The number of rotatable bonds is 5. The van der Waals surface area contributed by atoms with Gasteiger partial charge in [-0.2, -0.15) is 0 Å². The number of aromatic carboxylic acids is 1. The van der Waals surface area contributed by atoms with Crippen LogP contribution >= 0.6 is 11.8 Å². The van der Waals surface area contributed by atoms with E-state index < -0.39 is 5.97 Å². The first-order valence-electron chi connectivity index (χ1n) is 6.25. The fraction of sp³-hybridized carbons (Fsp3) is 0.125. The van der Waals surface area contributed by atoms with Gasteiger partial charge < -0.3 is 5.11 Å². The molecule has 0 aliphatic carbocycles. The molecule has 0 aliphatic heterocycles. The van der Waals surface area contributed by atoms with Crippen LogP contribution in [0.25, 0.3) is 0 Å². The highest BCUT2D eigenvalue weighted by molar-refractivity contribution is 7.99. The Labute approximate surface area is 121 Å². The van der Waals surface area contributed by atoms with Crippen LogP contribution in [0.15, 0.2) is 58.3 Å². The van der Waals surface area contributed by atoms with Gasteiger partial charge in [-0.15, -0.1) is 0 Å². The lowest BCUT2D eigenvalue weighted by Crippen LogP contribution is -1.98. The monoisotopic (exact) mass is 286 g/mol. The Morgan fingerprint density at radius 1 is 1.05 bits per heavy atom. The van der Waals surface area contributed by atoms with Crippen molar-refractivity contribution in [3.8, 4) is 0 Å². The van der Waals surface area contributed by atoms with Crippen LogP contribution in [0.1, 0.15) is 34.1 Å². The summed E-state index contributed by atoms with van der Waals surface area (Å²) < 4.78 is 0. The minimum atomic E-state index is -0.939. The molecule has 0 aliphatic rings. The van der Waals surface area contributed by atoms with Crippen LogP contribution in [0.3, 0.4) is 0 Å². The molecule has 0 aromatic heterocycles. The zero-order valence-electron chi connectivity index (χ0n) is 11.0. The summed E-state index contributed by atoms with van der Waals surface area (Å²) in [6, 6.07) is 14.1. The smallest absolute Gasteiger partial charge is 0.336 e. The standard InChI is InChI=1S/C16H14O3S/c1-2-14(17)11-7-9-12(10-8-11)20-15-6-4-3-5-13(15)16(18)19/h3-10H,2H2,1H3,(H,18,19). The lowest BCUT2D eigenvalue weighted by atomic mass is 10.1. The Hall–Kier alpha value is -2.07. The number of hydrogen-bond acceptors (Lipinski definition) is 3. The van der Waals surface area contributed by atoms with Crippen molar-refractivity contribution in [3.63, 3.8) is 0 Å². The van der Waals surface area contributed by atoms with Crippen molar-refractivity contribution in [3.05, 3.63) is 59.7 Å². The third-order valence-corrected chi connectivity index (χ3v) is 3.93. The Bertz CT molecular complexity index is 632. The molecule has 0 saturated carbocycles. The van der Waals surface area contributed by atoms with E-state index in [0.29, 0.717) is 16.9 Å². The molecule has 0 radical (unpaired) electrons. The highest BCUT2D eigenvalue weighted by Gasteiger charge is 2.10. The van der Waals surface area contributed by atoms with E-state index in [-0.39, 0.29) is 11.3 Å². The highest BCUT2D eigenvalue weighted by Crippen LogP contribution is 2.30. The molecule has 2 aromatic rings. The van der Waals surface area contributed by atoms with Gasteiger partial charge in [0, 0.05) is 21.8 Å². The van der Waals surface area contributed by atoms with Crippen molar-refractivity contribution in [1.29, 1.82) is 0 Å². The summed E-state index contributed by atoms with van der Waals surface area (Å²) >= 11 is 1.38. The predicted octanol–water partition coefficient (Wildman–Crippen LogP) is 4.13. The maximum absolute atomic E-state index is 11.5. The van der Waals surface area contributed by atoms with E-state index in [9.17, 15) is 9.59 Å². The Kier molecular flexibility index (Phi) is 4.58. The minimum Gasteiger partial charge on any atom is -0.478 e. The maximum atomic E-state index is 11.5. The Morgan fingerprint density at radius 3 is 2.30 bits per heavy atom. The number of carbonyl (C=O) groups is 2. The lowest BCUT2D eigenvalue weighted by Gasteiger charge is -2.06. The number of Topliss-reactive ketones (excluding diaryl/α,β-unsaturated/α-hetero) is 1. The summed E-state index contributed by atoms with van der Waals surface area (Å²) in [6.45, 7) is 1.83. The molecule has 0 amide bonds. The van der Waals surface area contributed by atoms with E-state index in [2.05, 4.69) is 0 Å². The molecule has 0 spiro atoms. The van der Waals surface area contributed by atoms with Gasteiger partial charge >= 0.3 is 5.97 Å². The Morgan fingerprint density at radius 2 is 1.70 bits per heavy atom. The predicted molar refractivity (Wildman–Crippen MR) is 78.6 cm³/mol. The topological polar surface area (TPSA) is 54.4 Å². The number of carboxylic acids is 1. The Balaban J connectivity index is 2.23. The number of benzene rings is 2. The van der Waals surface area contributed by atoms with Crippen molar-refractivity contribution in [2.45, 2.75) is 23.1 Å². The molecule has 0 unspecified atom stereocenters. The molecular weight excluding hydrogens is 272 g/mol. The molecule has 0 bridgehead atoms. The average molecular weight is 286 g/mol. The van der Waals surface area contributed by atoms with Crippen LogP contribution in [-0.2, 0) is 0 Å². The van der Waals surface area contributed by atoms with Crippen LogP contribution < -0.4 is 0 Å². The van der Waals surface area contributed by atoms with Gasteiger partial charge in [-0.1, -0.05) is 43.0 Å².